The Kier molecular flexibility index (Phi) is 3.87. The van der Waals surface area contributed by atoms with Gasteiger partial charge in [-0.1, -0.05) is 20.3 Å². The van der Waals surface area contributed by atoms with Crippen molar-refractivity contribution in [3.63, 3.8) is 0 Å². The predicted octanol–water partition coefficient (Wildman–Crippen LogP) is 2.42. The molecule has 0 atom stereocenters. The molecule has 1 heteroatoms. The highest BCUT2D eigenvalue weighted by Gasteiger charge is 2.34. The third-order valence-electron chi connectivity index (χ3n) is 1.60. The molecule has 1 fully saturated rings. The highest BCUT2D eigenvalue weighted by atomic mass is 15.0. The Morgan fingerprint density at radius 1 is 1.44 bits per heavy atom. The Bertz CT molecular complexity index is 69.7. The predicted molar refractivity (Wildman–Crippen MR) is 44.8 cm³/mol. The molecule has 0 aromatic heterocycles. The minimum absolute atomic E-state index is 0. The zero-order valence-electron chi connectivity index (χ0n) is 7.12. The highest BCUT2D eigenvalue weighted by Crippen LogP contribution is 2.33. The number of rotatable bonds is 1. The van der Waals surface area contributed by atoms with E-state index in [1.54, 1.807) is 0 Å². The van der Waals surface area contributed by atoms with Crippen molar-refractivity contribution in [1.82, 2.24) is 5.32 Å². The molecule has 0 unspecified atom stereocenters. The molecule has 0 aliphatic heterocycles. The third kappa shape index (κ3) is 4.46. The second-order valence-electron chi connectivity index (χ2n) is 3.02. The average molecular weight is 131 g/mol. The van der Waals surface area contributed by atoms with E-state index in [1.165, 1.54) is 19.3 Å². The van der Waals surface area contributed by atoms with Gasteiger partial charge in [-0.15, -0.1) is 0 Å². The van der Waals surface area contributed by atoms with E-state index in [4.69, 9.17) is 0 Å². The molecular weight excluding hydrogens is 110 g/mol. The van der Waals surface area contributed by atoms with Crippen LogP contribution in [0.2, 0.25) is 0 Å². The molecular formula is C8H21N. The van der Waals surface area contributed by atoms with Gasteiger partial charge >= 0.3 is 0 Å². The third-order valence-corrected chi connectivity index (χ3v) is 1.60. The summed E-state index contributed by atoms with van der Waals surface area (Å²) in [6.07, 6.45) is 3.98. The van der Waals surface area contributed by atoms with Crippen molar-refractivity contribution < 1.29 is 1.43 Å². The molecule has 0 bridgehead atoms. The molecule has 0 aromatic rings. The largest absolute Gasteiger partial charge is 0.315 e. The topological polar surface area (TPSA) is 12.0 Å². The fourth-order valence-electron chi connectivity index (χ4n) is 0.437. The van der Waals surface area contributed by atoms with Gasteiger partial charge in [-0.05, 0) is 26.8 Å². The summed E-state index contributed by atoms with van der Waals surface area (Å²) in [5.74, 6) is 0. The number of hydrogen-bond donors (Lipinski definition) is 1. The van der Waals surface area contributed by atoms with E-state index >= 15 is 0 Å². The lowest BCUT2D eigenvalue weighted by Gasteiger charge is -2.01. The van der Waals surface area contributed by atoms with E-state index in [0.717, 1.165) is 0 Å². The fourth-order valence-corrected chi connectivity index (χ4v) is 0.437. The van der Waals surface area contributed by atoms with Gasteiger partial charge in [0.25, 0.3) is 0 Å². The first-order valence-corrected chi connectivity index (χ1v) is 3.87. The Hall–Kier alpha value is -0.0400. The molecule has 0 radical (unpaired) electrons. The minimum Gasteiger partial charge on any atom is -0.315 e. The van der Waals surface area contributed by atoms with Crippen LogP contribution in [-0.2, 0) is 0 Å². The lowest BCUT2D eigenvalue weighted by Crippen LogP contribution is -2.21. The quantitative estimate of drug-likeness (QED) is 0.576. The zero-order valence-corrected chi connectivity index (χ0v) is 7.12. The standard InChI is InChI=1S/C5H11N.C3H8.H2/c1-5(6-2)3-4-5;1-3-2;/h6H,3-4H2,1-2H3;3H2,1-2H3;1H. The van der Waals surface area contributed by atoms with Crippen LogP contribution in [0.25, 0.3) is 0 Å². The molecule has 1 nitrogen and oxygen atoms in total. The summed E-state index contributed by atoms with van der Waals surface area (Å²) in [4.78, 5) is 0. The first-order valence-electron chi connectivity index (χ1n) is 3.87. The molecule has 1 aliphatic carbocycles. The van der Waals surface area contributed by atoms with Crippen LogP contribution < -0.4 is 5.32 Å². The number of nitrogens with one attached hydrogen (secondary N) is 1. The molecule has 9 heavy (non-hydrogen) atoms. The molecule has 1 saturated carbocycles. The maximum Gasteiger partial charge on any atom is 0.0151 e. The Morgan fingerprint density at radius 2 is 1.78 bits per heavy atom. The van der Waals surface area contributed by atoms with Gasteiger partial charge in [0.15, 0.2) is 0 Å². The van der Waals surface area contributed by atoms with Gasteiger partial charge in [0.2, 0.25) is 0 Å². The van der Waals surface area contributed by atoms with Crippen LogP contribution in [-0.4, -0.2) is 12.6 Å². The number of hydrogen-bond acceptors (Lipinski definition) is 1. The lowest BCUT2D eigenvalue weighted by atomic mass is 10.3. The van der Waals surface area contributed by atoms with Crippen LogP contribution in [0.3, 0.4) is 0 Å². The monoisotopic (exact) mass is 131 g/mol. The van der Waals surface area contributed by atoms with Crippen LogP contribution in [0.5, 0.6) is 0 Å². The Labute approximate surface area is 60.3 Å². The van der Waals surface area contributed by atoms with Gasteiger partial charge in [-0.25, -0.2) is 0 Å². The van der Waals surface area contributed by atoms with Crippen LogP contribution >= 0.6 is 0 Å². The van der Waals surface area contributed by atoms with Crippen molar-refractivity contribution >= 4 is 0 Å². The van der Waals surface area contributed by atoms with Crippen molar-refractivity contribution in [3.05, 3.63) is 0 Å². The summed E-state index contributed by atoms with van der Waals surface area (Å²) in [6, 6.07) is 0. The first-order chi connectivity index (χ1) is 4.18. The molecule has 0 amide bonds. The van der Waals surface area contributed by atoms with Crippen molar-refractivity contribution in [2.24, 2.45) is 0 Å². The van der Waals surface area contributed by atoms with Crippen LogP contribution in [0.1, 0.15) is 41.5 Å². The van der Waals surface area contributed by atoms with E-state index in [0.29, 0.717) is 5.54 Å². The summed E-state index contributed by atoms with van der Waals surface area (Å²) in [5.41, 5.74) is 0.542. The van der Waals surface area contributed by atoms with E-state index in [1.807, 2.05) is 7.05 Å². The molecule has 1 rings (SSSR count). The molecule has 0 heterocycles. The Balaban J connectivity index is 0. The smallest absolute Gasteiger partial charge is 0.0151 e. The van der Waals surface area contributed by atoms with E-state index in [9.17, 15) is 0 Å². The fraction of sp³-hybridized carbons (Fsp3) is 1.00. The second-order valence-corrected chi connectivity index (χ2v) is 3.02. The molecule has 0 saturated heterocycles. The van der Waals surface area contributed by atoms with E-state index < -0.39 is 0 Å². The van der Waals surface area contributed by atoms with Crippen LogP contribution in [0.4, 0.5) is 0 Å². The van der Waals surface area contributed by atoms with Crippen molar-refractivity contribution in [1.29, 1.82) is 0 Å². The van der Waals surface area contributed by atoms with Crippen LogP contribution in [0.15, 0.2) is 0 Å². The highest BCUT2D eigenvalue weighted by molar-refractivity contribution is 4.95. The van der Waals surface area contributed by atoms with Gasteiger partial charge in [-0.2, -0.15) is 0 Å². The van der Waals surface area contributed by atoms with E-state index in [2.05, 4.69) is 26.1 Å². The van der Waals surface area contributed by atoms with Crippen molar-refractivity contribution in [2.45, 2.75) is 45.6 Å². The summed E-state index contributed by atoms with van der Waals surface area (Å²) < 4.78 is 0. The summed E-state index contributed by atoms with van der Waals surface area (Å²) in [5, 5.41) is 3.22. The second kappa shape index (κ2) is 3.89. The van der Waals surface area contributed by atoms with Gasteiger partial charge in [-0.3, -0.25) is 0 Å². The van der Waals surface area contributed by atoms with Gasteiger partial charge < -0.3 is 5.32 Å². The average Bonchev–Trinajstić information content (AvgIpc) is 2.52. The van der Waals surface area contributed by atoms with Gasteiger partial charge in [0.1, 0.15) is 0 Å². The maximum absolute atomic E-state index is 3.22. The molecule has 1 aliphatic rings. The van der Waals surface area contributed by atoms with Crippen molar-refractivity contribution in [3.8, 4) is 0 Å². The molecule has 0 spiro atoms. The normalized spacial score (nSPS) is 20.0. The molecule has 0 aromatic carbocycles. The summed E-state index contributed by atoms with van der Waals surface area (Å²) >= 11 is 0. The van der Waals surface area contributed by atoms with Gasteiger partial charge in [0, 0.05) is 6.97 Å². The zero-order chi connectivity index (χ0) is 7.33. The SMILES string of the molecule is CCC.CNC1(C)CC1.[HH]. The minimum atomic E-state index is 0. The van der Waals surface area contributed by atoms with Crippen LogP contribution in [0, 0.1) is 0 Å². The van der Waals surface area contributed by atoms with Gasteiger partial charge in [0.05, 0.1) is 0 Å². The summed E-state index contributed by atoms with van der Waals surface area (Å²) in [6.45, 7) is 6.49. The maximum atomic E-state index is 3.22. The molecule has 1 N–H and O–H groups in total. The summed E-state index contributed by atoms with van der Waals surface area (Å²) in [7, 11) is 2.02. The molecule has 58 valence electrons. The lowest BCUT2D eigenvalue weighted by molar-refractivity contribution is 0.607. The van der Waals surface area contributed by atoms with E-state index in [-0.39, 0.29) is 1.43 Å². The van der Waals surface area contributed by atoms with Crippen molar-refractivity contribution in [2.75, 3.05) is 7.05 Å². The first kappa shape index (κ1) is 8.96. The Morgan fingerprint density at radius 3 is 1.78 bits per heavy atom.